The Labute approximate surface area is 200 Å². The first-order valence-electron chi connectivity index (χ1n) is 9.98. The summed E-state index contributed by atoms with van der Waals surface area (Å²) in [6.45, 7) is 2.54. The Morgan fingerprint density at radius 3 is 2.35 bits per heavy atom. The average molecular weight is 532 g/mol. The standard InChI is InChI=1S/C24H28N4O2.HI/c1-25-24(27(2)16-17-30-22-8-4-3-5-9-22)26-18-20-11-13-21(14-12-20)19-28-15-7-6-10-23(28)29;/h3-15H,16-19H2,1-2H3,(H,25,26);1H. The van der Waals surface area contributed by atoms with Crippen molar-refractivity contribution in [1.82, 2.24) is 14.8 Å². The molecule has 0 atom stereocenters. The Balaban J connectivity index is 0.00000341. The summed E-state index contributed by atoms with van der Waals surface area (Å²) in [5, 5.41) is 3.38. The fraction of sp³-hybridized carbons (Fsp3) is 0.250. The van der Waals surface area contributed by atoms with Crippen LogP contribution < -0.4 is 15.6 Å². The van der Waals surface area contributed by atoms with Gasteiger partial charge >= 0.3 is 0 Å². The summed E-state index contributed by atoms with van der Waals surface area (Å²) in [6, 6.07) is 23.2. The number of para-hydroxylation sites is 1. The highest BCUT2D eigenvalue weighted by Gasteiger charge is 2.06. The molecule has 31 heavy (non-hydrogen) atoms. The van der Waals surface area contributed by atoms with Gasteiger partial charge in [0.2, 0.25) is 0 Å². The molecule has 0 fully saturated rings. The topological polar surface area (TPSA) is 58.9 Å². The lowest BCUT2D eigenvalue weighted by molar-refractivity contribution is 0.281. The molecule has 6 nitrogen and oxygen atoms in total. The summed E-state index contributed by atoms with van der Waals surface area (Å²) >= 11 is 0. The van der Waals surface area contributed by atoms with Crippen molar-refractivity contribution < 1.29 is 4.74 Å². The van der Waals surface area contributed by atoms with Crippen molar-refractivity contribution in [2.24, 2.45) is 4.99 Å². The first-order valence-corrected chi connectivity index (χ1v) is 9.98. The molecule has 0 saturated carbocycles. The molecule has 0 aliphatic carbocycles. The molecule has 164 valence electrons. The zero-order valence-corrected chi connectivity index (χ0v) is 20.2. The lowest BCUT2D eigenvalue weighted by Crippen LogP contribution is -2.40. The van der Waals surface area contributed by atoms with Crippen LogP contribution in [0.3, 0.4) is 0 Å². The van der Waals surface area contributed by atoms with Crippen molar-refractivity contribution in [1.29, 1.82) is 0 Å². The van der Waals surface area contributed by atoms with Gasteiger partial charge in [-0.15, -0.1) is 24.0 Å². The van der Waals surface area contributed by atoms with Crippen LogP contribution >= 0.6 is 24.0 Å². The molecule has 3 rings (SSSR count). The number of hydrogen-bond donors (Lipinski definition) is 1. The second-order valence-electron chi connectivity index (χ2n) is 6.97. The van der Waals surface area contributed by atoms with Gasteiger partial charge in [-0.3, -0.25) is 9.79 Å². The Morgan fingerprint density at radius 1 is 1.00 bits per heavy atom. The third-order valence-electron chi connectivity index (χ3n) is 4.74. The molecular formula is C24H29IN4O2. The van der Waals surface area contributed by atoms with E-state index in [1.807, 2.05) is 48.3 Å². The summed E-state index contributed by atoms with van der Waals surface area (Å²) in [5.41, 5.74) is 2.24. The summed E-state index contributed by atoms with van der Waals surface area (Å²) in [6.07, 6.45) is 1.80. The number of likely N-dealkylation sites (N-methyl/N-ethyl adjacent to an activating group) is 1. The van der Waals surface area contributed by atoms with Gasteiger partial charge in [0, 0.05) is 32.9 Å². The van der Waals surface area contributed by atoms with Crippen LogP contribution in [0.2, 0.25) is 0 Å². The number of ether oxygens (including phenoxy) is 1. The molecule has 7 heteroatoms. The van der Waals surface area contributed by atoms with Crippen molar-refractivity contribution >= 4 is 29.9 Å². The summed E-state index contributed by atoms with van der Waals surface area (Å²) in [5.74, 6) is 1.68. The van der Waals surface area contributed by atoms with E-state index in [1.54, 1.807) is 29.9 Å². The van der Waals surface area contributed by atoms with Crippen LogP contribution in [0.5, 0.6) is 5.75 Å². The van der Waals surface area contributed by atoms with Gasteiger partial charge in [0.05, 0.1) is 13.1 Å². The highest BCUT2D eigenvalue weighted by Crippen LogP contribution is 2.08. The summed E-state index contributed by atoms with van der Waals surface area (Å²) < 4.78 is 7.45. The highest BCUT2D eigenvalue weighted by atomic mass is 127. The van der Waals surface area contributed by atoms with Gasteiger partial charge in [0.1, 0.15) is 12.4 Å². The van der Waals surface area contributed by atoms with Gasteiger partial charge in [0.15, 0.2) is 5.96 Å². The van der Waals surface area contributed by atoms with Gasteiger partial charge in [-0.05, 0) is 29.3 Å². The SMILES string of the molecule is CN=C(NCc1ccc(Cn2ccccc2=O)cc1)N(C)CCOc1ccccc1.I. The number of rotatable bonds is 8. The van der Waals surface area contributed by atoms with E-state index in [4.69, 9.17) is 4.74 Å². The first kappa shape index (κ1) is 24.5. The van der Waals surface area contributed by atoms with E-state index in [0.29, 0.717) is 19.7 Å². The second-order valence-corrected chi connectivity index (χ2v) is 6.97. The number of aliphatic imine (C=N–C) groups is 1. The molecule has 0 unspecified atom stereocenters. The largest absolute Gasteiger partial charge is 0.492 e. The molecule has 0 saturated heterocycles. The van der Waals surface area contributed by atoms with Crippen LogP contribution in [0.1, 0.15) is 11.1 Å². The van der Waals surface area contributed by atoms with E-state index < -0.39 is 0 Å². The monoisotopic (exact) mass is 532 g/mol. The molecule has 0 aliphatic heterocycles. The zero-order valence-electron chi connectivity index (χ0n) is 17.9. The molecular weight excluding hydrogens is 503 g/mol. The Morgan fingerprint density at radius 2 is 1.68 bits per heavy atom. The minimum absolute atomic E-state index is 0. The molecule has 1 heterocycles. The van der Waals surface area contributed by atoms with E-state index in [0.717, 1.165) is 29.4 Å². The van der Waals surface area contributed by atoms with Crippen LogP contribution in [-0.4, -0.2) is 42.7 Å². The molecule has 1 aromatic heterocycles. The Bertz CT molecular complexity index is 1000. The molecule has 0 bridgehead atoms. The van der Waals surface area contributed by atoms with E-state index in [9.17, 15) is 4.79 Å². The molecule has 2 aromatic carbocycles. The third kappa shape index (κ3) is 7.75. The molecule has 3 aromatic rings. The normalized spacial score (nSPS) is 10.8. The van der Waals surface area contributed by atoms with E-state index in [-0.39, 0.29) is 29.5 Å². The maximum Gasteiger partial charge on any atom is 0.250 e. The van der Waals surface area contributed by atoms with Crippen molar-refractivity contribution in [3.05, 3.63) is 100 Å². The van der Waals surface area contributed by atoms with Crippen molar-refractivity contribution in [2.75, 3.05) is 27.2 Å². The Kier molecular flexibility index (Phi) is 10.1. The fourth-order valence-corrected chi connectivity index (χ4v) is 3.04. The van der Waals surface area contributed by atoms with Gasteiger partial charge < -0.3 is 19.5 Å². The van der Waals surface area contributed by atoms with E-state index >= 15 is 0 Å². The molecule has 0 spiro atoms. The first-order chi connectivity index (χ1) is 14.7. The zero-order chi connectivity index (χ0) is 21.2. The number of aromatic nitrogens is 1. The molecule has 0 aliphatic rings. The van der Waals surface area contributed by atoms with Crippen LogP contribution in [0.4, 0.5) is 0 Å². The van der Waals surface area contributed by atoms with E-state index in [1.165, 1.54) is 0 Å². The Hall–Kier alpha value is -2.81. The average Bonchev–Trinajstić information content (AvgIpc) is 2.77. The highest BCUT2D eigenvalue weighted by molar-refractivity contribution is 14.0. The molecule has 0 amide bonds. The van der Waals surface area contributed by atoms with Gasteiger partial charge in [0.25, 0.3) is 5.56 Å². The quantitative estimate of drug-likeness (QED) is 0.274. The number of pyridine rings is 1. The minimum Gasteiger partial charge on any atom is -0.492 e. The fourth-order valence-electron chi connectivity index (χ4n) is 3.04. The smallest absolute Gasteiger partial charge is 0.250 e. The maximum absolute atomic E-state index is 11.8. The number of halogens is 1. The van der Waals surface area contributed by atoms with Crippen LogP contribution in [0.15, 0.2) is 88.8 Å². The van der Waals surface area contributed by atoms with Crippen LogP contribution in [0.25, 0.3) is 0 Å². The van der Waals surface area contributed by atoms with Crippen LogP contribution in [0, 0.1) is 0 Å². The molecule has 1 N–H and O–H groups in total. The van der Waals surface area contributed by atoms with Crippen LogP contribution in [-0.2, 0) is 13.1 Å². The summed E-state index contributed by atoms with van der Waals surface area (Å²) in [7, 11) is 3.77. The predicted molar refractivity (Wildman–Crippen MR) is 136 cm³/mol. The van der Waals surface area contributed by atoms with Crippen molar-refractivity contribution in [3.8, 4) is 5.75 Å². The number of nitrogens with one attached hydrogen (secondary N) is 1. The van der Waals surface area contributed by atoms with Crippen molar-refractivity contribution in [3.63, 3.8) is 0 Å². The third-order valence-corrected chi connectivity index (χ3v) is 4.74. The number of hydrogen-bond acceptors (Lipinski definition) is 3. The number of guanidine groups is 1. The minimum atomic E-state index is 0. The van der Waals surface area contributed by atoms with Gasteiger partial charge in [-0.1, -0.05) is 48.5 Å². The summed E-state index contributed by atoms with van der Waals surface area (Å²) in [4.78, 5) is 18.2. The number of benzene rings is 2. The van der Waals surface area contributed by atoms with Gasteiger partial charge in [-0.25, -0.2) is 0 Å². The lowest BCUT2D eigenvalue weighted by Gasteiger charge is -2.22. The van der Waals surface area contributed by atoms with E-state index in [2.05, 4.69) is 34.6 Å². The van der Waals surface area contributed by atoms with Crippen molar-refractivity contribution in [2.45, 2.75) is 13.1 Å². The molecule has 0 radical (unpaired) electrons. The lowest BCUT2D eigenvalue weighted by atomic mass is 10.1. The maximum atomic E-state index is 11.8. The second kappa shape index (κ2) is 12.8. The predicted octanol–water partition coefficient (Wildman–Crippen LogP) is 3.60. The van der Waals surface area contributed by atoms with Gasteiger partial charge in [-0.2, -0.15) is 0 Å². The number of nitrogens with zero attached hydrogens (tertiary/aromatic N) is 3.